The van der Waals surface area contributed by atoms with Gasteiger partial charge in [0.15, 0.2) is 0 Å². The molecule has 6 heteroatoms. The summed E-state index contributed by atoms with van der Waals surface area (Å²) in [7, 11) is 0. The standard InChI is InChI=1S/C16H10ClNO3S/c1-9(19)20-12-5-2-10(3-6-12)15-18-16(22)13-8-11(17)4-7-14(13)21-15/h2-8H,1H3. The first-order chi connectivity index (χ1) is 10.5. The van der Waals surface area contributed by atoms with Crippen LogP contribution >= 0.6 is 23.8 Å². The third kappa shape index (κ3) is 3.00. The van der Waals surface area contributed by atoms with E-state index in [4.69, 9.17) is 33.0 Å². The smallest absolute Gasteiger partial charge is 0.308 e. The first-order valence-corrected chi connectivity index (χ1v) is 7.21. The van der Waals surface area contributed by atoms with E-state index in [2.05, 4.69) is 4.98 Å². The SMILES string of the molecule is CC(=O)Oc1ccc(-c2nc(=S)c3cc(Cl)ccc3o2)cc1. The molecule has 0 saturated heterocycles. The van der Waals surface area contributed by atoms with Crippen LogP contribution in [-0.4, -0.2) is 11.0 Å². The zero-order valence-electron chi connectivity index (χ0n) is 11.5. The molecule has 3 aromatic rings. The van der Waals surface area contributed by atoms with Crippen LogP contribution in [-0.2, 0) is 4.79 Å². The number of ether oxygens (including phenoxy) is 1. The van der Waals surface area contributed by atoms with Crippen LogP contribution < -0.4 is 4.74 Å². The summed E-state index contributed by atoms with van der Waals surface area (Å²) in [4.78, 5) is 15.2. The fourth-order valence-corrected chi connectivity index (χ4v) is 2.41. The van der Waals surface area contributed by atoms with Crippen LogP contribution in [0.2, 0.25) is 5.02 Å². The number of carbonyl (C=O) groups excluding carboxylic acids is 1. The van der Waals surface area contributed by atoms with Gasteiger partial charge in [0.1, 0.15) is 16.0 Å². The zero-order valence-corrected chi connectivity index (χ0v) is 13.1. The van der Waals surface area contributed by atoms with Gasteiger partial charge < -0.3 is 9.15 Å². The van der Waals surface area contributed by atoms with Crippen molar-refractivity contribution >= 4 is 40.8 Å². The van der Waals surface area contributed by atoms with Crippen molar-refractivity contribution in [2.24, 2.45) is 0 Å². The van der Waals surface area contributed by atoms with Crippen LogP contribution in [0.4, 0.5) is 0 Å². The summed E-state index contributed by atoms with van der Waals surface area (Å²) in [6, 6.07) is 12.1. The summed E-state index contributed by atoms with van der Waals surface area (Å²) in [5.74, 6) is 0.489. The van der Waals surface area contributed by atoms with Crippen molar-refractivity contribution in [2.45, 2.75) is 6.92 Å². The minimum atomic E-state index is -0.369. The quantitative estimate of drug-likeness (QED) is 0.383. The lowest BCUT2D eigenvalue weighted by Crippen LogP contribution is -2.00. The third-order valence-electron chi connectivity index (χ3n) is 2.94. The Morgan fingerprint density at radius 3 is 2.64 bits per heavy atom. The molecule has 0 N–H and O–H groups in total. The molecule has 0 bridgehead atoms. The number of hydrogen-bond donors (Lipinski definition) is 0. The summed E-state index contributed by atoms with van der Waals surface area (Å²) in [6.45, 7) is 1.35. The Hall–Kier alpha value is -2.24. The Kier molecular flexibility index (Phi) is 3.92. The Labute approximate surface area is 136 Å². The highest BCUT2D eigenvalue weighted by atomic mass is 35.5. The lowest BCUT2D eigenvalue weighted by molar-refractivity contribution is -0.131. The maximum Gasteiger partial charge on any atom is 0.308 e. The van der Waals surface area contributed by atoms with Crippen molar-refractivity contribution in [2.75, 3.05) is 0 Å². The summed E-state index contributed by atoms with van der Waals surface area (Å²) < 4.78 is 11.2. The fraction of sp³-hybridized carbons (Fsp3) is 0.0625. The van der Waals surface area contributed by atoms with Gasteiger partial charge in [0, 0.05) is 17.5 Å². The lowest BCUT2D eigenvalue weighted by atomic mass is 10.2. The van der Waals surface area contributed by atoms with Crippen molar-refractivity contribution in [3.63, 3.8) is 0 Å². The Bertz CT molecular complexity index is 919. The number of benzene rings is 2. The molecule has 2 aromatic carbocycles. The number of hydrogen-bond acceptors (Lipinski definition) is 5. The van der Waals surface area contributed by atoms with Gasteiger partial charge in [-0.25, -0.2) is 4.98 Å². The number of nitrogens with zero attached hydrogens (tertiary/aromatic N) is 1. The van der Waals surface area contributed by atoms with Gasteiger partial charge in [-0.05, 0) is 42.5 Å². The van der Waals surface area contributed by atoms with E-state index in [1.54, 1.807) is 42.5 Å². The van der Waals surface area contributed by atoms with Gasteiger partial charge in [0.2, 0.25) is 5.89 Å². The highest BCUT2D eigenvalue weighted by molar-refractivity contribution is 7.71. The Morgan fingerprint density at radius 1 is 1.23 bits per heavy atom. The molecule has 1 heterocycles. The van der Waals surface area contributed by atoms with Gasteiger partial charge >= 0.3 is 5.97 Å². The molecule has 3 rings (SSSR count). The number of fused-ring (bicyclic) bond motifs is 1. The van der Waals surface area contributed by atoms with Crippen LogP contribution in [0.15, 0.2) is 46.9 Å². The van der Waals surface area contributed by atoms with Crippen LogP contribution in [0.1, 0.15) is 6.92 Å². The maximum absolute atomic E-state index is 10.9. The van der Waals surface area contributed by atoms with Crippen molar-refractivity contribution in [3.05, 3.63) is 52.1 Å². The Morgan fingerprint density at radius 2 is 1.95 bits per heavy atom. The minimum Gasteiger partial charge on any atom is -0.438 e. The van der Waals surface area contributed by atoms with Gasteiger partial charge in [-0.2, -0.15) is 0 Å². The first-order valence-electron chi connectivity index (χ1n) is 6.42. The van der Waals surface area contributed by atoms with E-state index in [-0.39, 0.29) is 5.97 Å². The number of halogens is 1. The predicted octanol–water partition coefficient (Wildman–Crippen LogP) is 4.80. The molecule has 0 radical (unpaired) electrons. The van der Waals surface area contributed by atoms with E-state index in [9.17, 15) is 4.79 Å². The zero-order chi connectivity index (χ0) is 15.7. The molecule has 4 nitrogen and oxygen atoms in total. The second-order valence-electron chi connectivity index (χ2n) is 4.58. The van der Waals surface area contributed by atoms with Crippen LogP contribution in [0, 0.1) is 4.64 Å². The van der Waals surface area contributed by atoms with E-state index >= 15 is 0 Å². The topological polar surface area (TPSA) is 52.3 Å². The summed E-state index contributed by atoms with van der Waals surface area (Å²) >= 11 is 11.2. The number of carbonyl (C=O) groups is 1. The molecular weight excluding hydrogens is 322 g/mol. The molecule has 0 saturated carbocycles. The predicted molar refractivity (Wildman–Crippen MR) is 86.6 cm³/mol. The molecule has 0 atom stereocenters. The molecule has 0 amide bonds. The normalized spacial score (nSPS) is 10.6. The minimum absolute atomic E-state index is 0.369. The van der Waals surface area contributed by atoms with Gasteiger partial charge in [-0.15, -0.1) is 0 Å². The van der Waals surface area contributed by atoms with Gasteiger partial charge in [0.25, 0.3) is 0 Å². The van der Waals surface area contributed by atoms with E-state index in [0.717, 1.165) is 5.56 Å². The fourth-order valence-electron chi connectivity index (χ4n) is 1.99. The number of rotatable bonds is 2. The molecule has 0 unspecified atom stereocenters. The maximum atomic E-state index is 10.9. The Balaban J connectivity index is 2.05. The third-order valence-corrected chi connectivity index (χ3v) is 3.49. The van der Waals surface area contributed by atoms with Crippen LogP contribution in [0.5, 0.6) is 5.75 Å². The van der Waals surface area contributed by atoms with Crippen molar-refractivity contribution in [1.29, 1.82) is 0 Å². The number of esters is 1. The molecule has 1 aromatic heterocycles. The molecule has 0 spiro atoms. The van der Waals surface area contributed by atoms with Crippen LogP contribution in [0.3, 0.4) is 0 Å². The second-order valence-corrected chi connectivity index (χ2v) is 5.41. The average Bonchev–Trinajstić information content (AvgIpc) is 2.48. The molecule has 0 aliphatic rings. The highest BCUT2D eigenvalue weighted by Crippen LogP contribution is 2.26. The largest absolute Gasteiger partial charge is 0.438 e. The number of aromatic nitrogens is 1. The molecule has 110 valence electrons. The van der Waals surface area contributed by atoms with Crippen LogP contribution in [0.25, 0.3) is 22.4 Å². The van der Waals surface area contributed by atoms with E-state index in [1.165, 1.54) is 6.92 Å². The van der Waals surface area contributed by atoms with E-state index in [0.29, 0.717) is 32.3 Å². The van der Waals surface area contributed by atoms with E-state index in [1.807, 2.05) is 0 Å². The van der Waals surface area contributed by atoms with E-state index < -0.39 is 0 Å². The summed E-state index contributed by atoms with van der Waals surface area (Å²) in [5, 5.41) is 1.27. The van der Waals surface area contributed by atoms with Gasteiger partial charge in [-0.3, -0.25) is 4.79 Å². The van der Waals surface area contributed by atoms with Crippen molar-refractivity contribution in [1.82, 2.24) is 4.98 Å². The molecule has 0 aliphatic heterocycles. The monoisotopic (exact) mass is 331 g/mol. The van der Waals surface area contributed by atoms with Gasteiger partial charge in [0.05, 0.1) is 5.39 Å². The molecule has 0 fully saturated rings. The van der Waals surface area contributed by atoms with Gasteiger partial charge in [-0.1, -0.05) is 23.8 Å². The van der Waals surface area contributed by atoms with Crippen molar-refractivity contribution in [3.8, 4) is 17.2 Å². The molecule has 0 aliphatic carbocycles. The highest BCUT2D eigenvalue weighted by Gasteiger charge is 2.08. The lowest BCUT2D eigenvalue weighted by Gasteiger charge is -2.05. The molecular formula is C16H10ClNO3S. The first kappa shape index (κ1) is 14.7. The average molecular weight is 332 g/mol. The summed E-state index contributed by atoms with van der Waals surface area (Å²) in [6.07, 6.45) is 0. The second kappa shape index (κ2) is 5.87. The molecule has 22 heavy (non-hydrogen) atoms. The summed E-state index contributed by atoms with van der Waals surface area (Å²) in [5.41, 5.74) is 1.35. The van der Waals surface area contributed by atoms with Crippen molar-refractivity contribution < 1.29 is 13.9 Å².